The van der Waals surface area contributed by atoms with E-state index in [4.69, 9.17) is 45.8 Å². The lowest BCUT2D eigenvalue weighted by molar-refractivity contribution is 0.0950. The van der Waals surface area contributed by atoms with Crippen molar-refractivity contribution in [2.24, 2.45) is 5.10 Å². The summed E-state index contributed by atoms with van der Waals surface area (Å²) >= 11 is 17.5. The molecule has 1 aromatic heterocycles. The fourth-order valence-electron chi connectivity index (χ4n) is 1.54. The number of hydrazone groups is 1. The third kappa shape index (κ3) is 3.90. The number of carbonyl (C=O) groups is 1. The van der Waals surface area contributed by atoms with E-state index in [2.05, 4.69) is 15.5 Å². The van der Waals surface area contributed by atoms with Gasteiger partial charge in [0.1, 0.15) is 5.02 Å². The first-order valence-corrected chi connectivity index (χ1v) is 7.21. The van der Waals surface area contributed by atoms with E-state index in [-0.39, 0.29) is 26.6 Å². The van der Waals surface area contributed by atoms with Gasteiger partial charge in [-0.15, -0.1) is 0 Å². The molecule has 9 heteroatoms. The van der Waals surface area contributed by atoms with Crippen LogP contribution in [0, 0.1) is 11.3 Å². The number of nitriles is 1. The van der Waals surface area contributed by atoms with Crippen molar-refractivity contribution >= 4 is 52.6 Å². The molecular formula is C14H8Cl3N5O. The van der Waals surface area contributed by atoms with Gasteiger partial charge in [0.05, 0.1) is 28.6 Å². The molecule has 6 nitrogen and oxygen atoms in total. The number of hydrogen-bond donors (Lipinski definition) is 2. The first-order valence-electron chi connectivity index (χ1n) is 6.07. The second-order valence-corrected chi connectivity index (χ2v) is 5.34. The Bertz CT molecular complexity index is 828. The molecule has 0 bridgehead atoms. The van der Waals surface area contributed by atoms with E-state index in [1.807, 2.05) is 6.07 Å². The lowest BCUT2D eigenvalue weighted by Gasteiger charge is -2.07. The van der Waals surface area contributed by atoms with Gasteiger partial charge in [-0.05, 0) is 17.7 Å². The maximum absolute atomic E-state index is 12.0. The monoisotopic (exact) mass is 367 g/mol. The number of nitrogens with zero attached hydrogens (tertiary/aromatic N) is 3. The number of benzene rings is 1. The second kappa shape index (κ2) is 7.29. The summed E-state index contributed by atoms with van der Waals surface area (Å²) in [6.07, 6.45) is 1.40. The summed E-state index contributed by atoms with van der Waals surface area (Å²) in [6, 6.07) is 8.61. The van der Waals surface area contributed by atoms with Crippen molar-refractivity contribution in [2.45, 2.75) is 0 Å². The Balaban J connectivity index is 2.13. The van der Waals surface area contributed by atoms with Crippen molar-refractivity contribution in [3.05, 3.63) is 56.3 Å². The number of pyridine rings is 1. The van der Waals surface area contributed by atoms with Crippen molar-refractivity contribution in [1.29, 1.82) is 5.26 Å². The first kappa shape index (κ1) is 17.0. The van der Waals surface area contributed by atoms with E-state index in [1.54, 1.807) is 24.3 Å². The molecule has 0 unspecified atom stereocenters. The number of nitrogen functional groups attached to an aromatic ring is 1. The zero-order chi connectivity index (χ0) is 17.0. The fourth-order valence-corrected chi connectivity index (χ4v) is 2.14. The molecule has 1 aromatic carbocycles. The molecule has 0 saturated heterocycles. The van der Waals surface area contributed by atoms with Crippen LogP contribution in [0.2, 0.25) is 15.2 Å². The van der Waals surface area contributed by atoms with Crippen LogP contribution in [0.1, 0.15) is 21.6 Å². The molecule has 1 heterocycles. The van der Waals surface area contributed by atoms with Crippen molar-refractivity contribution in [1.82, 2.24) is 10.4 Å². The maximum atomic E-state index is 12.0. The van der Waals surface area contributed by atoms with Crippen molar-refractivity contribution in [2.75, 3.05) is 5.73 Å². The second-order valence-electron chi connectivity index (χ2n) is 4.23. The predicted molar refractivity (Wildman–Crippen MR) is 89.9 cm³/mol. The molecule has 0 saturated carbocycles. The standard InChI is InChI=1S/C14H8Cl3N5O/c15-9-11(19)10(16)13(17)21-12(9)14(23)22-20-6-8-3-1-7(5-18)2-4-8/h1-4,6H,(H2,19,21)(H,22,23)/b20-6+. The van der Waals surface area contributed by atoms with Crippen molar-refractivity contribution < 1.29 is 4.79 Å². The molecule has 3 N–H and O–H groups in total. The SMILES string of the molecule is N#Cc1ccc(/C=N/NC(=O)c2nc(Cl)c(Cl)c(N)c2Cl)cc1. The van der Waals surface area contributed by atoms with E-state index >= 15 is 0 Å². The van der Waals surface area contributed by atoms with Crippen LogP contribution in [0.3, 0.4) is 0 Å². The summed E-state index contributed by atoms with van der Waals surface area (Å²) < 4.78 is 0. The molecule has 116 valence electrons. The van der Waals surface area contributed by atoms with Gasteiger partial charge in [0.15, 0.2) is 10.8 Å². The molecule has 0 aliphatic heterocycles. The van der Waals surface area contributed by atoms with Crippen molar-refractivity contribution in [3.63, 3.8) is 0 Å². The Morgan fingerprint density at radius 2 is 1.91 bits per heavy atom. The molecule has 0 aliphatic rings. The van der Waals surface area contributed by atoms with Gasteiger partial charge in [-0.25, -0.2) is 10.4 Å². The molecule has 0 spiro atoms. The van der Waals surface area contributed by atoms with E-state index in [9.17, 15) is 4.79 Å². The maximum Gasteiger partial charge on any atom is 0.291 e. The minimum absolute atomic E-state index is 0.0192. The number of amides is 1. The number of nitrogens with two attached hydrogens (primary N) is 1. The Morgan fingerprint density at radius 3 is 2.52 bits per heavy atom. The topological polar surface area (TPSA) is 104 Å². The third-order valence-electron chi connectivity index (χ3n) is 2.71. The first-order chi connectivity index (χ1) is 10.9. The molecular weight excluding hydrogens is 361 g/mol. The molecule has 0 atom stereocenters. The highest BCUT2D eigenvalue weighted by atomic mass is 35.5. The summed E-state index contributed by atoms with van der Waals surface area (Å²) in [7, 11) is 0. The van der Waals surface area contributed by atoms with Gasteiger partial charge < -0.3 is 5.73 Å². The summed E-state index contributed by atoms with van der Waals surface area (Å²) in [5, 5.41) is 12.2. The molecule has 23 heavy (non-hydrogen) atoms. The number of carbonyl (C=O) groups excluding carboxylic acids is 1. The highest BCUT2D eigenvalue weighted by Gasteiger charge is 2.19. The number of aromatic nitrogens is 1. The van der Waals surface area contributed by atoms with Gasteiger partial charge in [-0.1, -0.05) is 46.9 Å². The Morgan fingerprint density at radius 1 is 1.26 bits per heavy atom. The smallest absolute Gasteiger partial charge is 0.291 e. The Kier molecular flexibility index (Phi) is 5.40. The van der Waals surface area contributed by atoms with Crippen molar-refractivity contribution in [3.8, 4) is 6.07 Å². The third-order valence-corrected chi connectivity index (χ3v) is 3.84. The molecule has 0 aliphatic carbocycles. The van der Waals surface area contributed by atoms with Gasteiger partial charge in [-0.3, -0.25) is 4.79 Å². The number of anilines is 1. The van der Waals surface area contributed by atoms with Gasteiger partial charge >= 0.3 is 0 Å². The summed E-state index contributed by atoms with van der Waals surface area (Å²) in [5.74, 6) is -0.690. The minimum Gasteiger partial charge on any atom is -0.396 e. The summed E-state index contributed by atoms with van der Waals surface area (Å²) in [6.45, 7) is 0. The zero-order valence-corrected chi connectivity index (χ0v) is 13.6. The number of nitrogens with one attached hydrogen (secondary N) is 1. The lowest BCUT2D eigenvalue weighted by Crippen LogP contribution is -2.20. The minimum atomic E-state index is -0.690. The van der Waals surface area contributed by atoms with Crippen LogP contribution in [0.4, 0.5) is 5.69 Å². The van der Waals surface area contributed by atoms with Crippen LogP contribution in [0.25, 0.3) is 0 Å². The van der Waals surface area contributed by atoms with Gasteiger partial charge in [0, 0.05) is 0 Å². The lowest BCUT2D eigenvalue weighted by atomic mass is 10.2. The number of rotatable bonds is 3. The number of halogens is 3. The van der Waals surface area contributed by atoms with E-state index in [1.165, 1.54) is 6.21 Å². The van der Waals surface area contributed by atoms with Gasteiger partial charge in [0.25, 0.3) is 5.91 Å². The van der Waals surface area contributed by atoms with Crippen LogP contribution in [-0.4, -0.2) is 17.1 Å². The average Bonchev–Trinajstić information content (AvgIpc) is 2.56. The van der Waals surface area contributed by atoms with E-state index in [0.717, 1.165) is 0 Å². The number of hydrogen-bond acceptors (Lipinski definition) is 5. The molecule has 2 aromatic rings. The van der Waals surface area contributed by atoms with Crippen LogP contribution in [-0.2, 0) is 0 Å². The normalized spacial score (nSPS) is 10.5. The fraction of sp³-hybridized carbons (Fsp3) is 0. The molecule has 1 amide bonds. The molecule has 0 radical (unpaired) electrons. The van der Waals surface area contributed by atoms with Crippen LogP contribution in [0.15, 0.2) is 29.4 Å². The van der Waals surface area contributed by atoms with Gasteiger partial charge in [0.2, 0.25) is 0 Å². The molecule has 0 fully saturated rings. The zero-order valence-electron chi connectivity index (χ0n) is 11.3. The van der Waals surface area contributed by atoms with Gasteiger partial charge in [-0.2, -0.15) is 10.4 Å². The summed E-state index contributed by atoms with van der Waals surface area (Å²) in [5.41, 5.74) is 8.88. The largest absolute Gasteiger partial charge is 0.396 e. The molecule has 2 rings (SSSR count). The van der Waals surface area contributed by atoms with Crippen LogP contribution < -0.4 is 11.2 Å². The highest BCUT2D eigenvalue weighted by molar-refractivity contribution is 6.46. The average molecular weight is 369 g/mol. The summed E-state index contributed by atoms with van der Waals surface area (Å²) in [4.78, 5) is 15.8. The predicted octanol–water partition coefficient (Wildman–Crippen LogP) is 3.26. The van der Waals surface area contributed by atoms with E-state index < -0.39 is 5.91 Å². The quantitative estimate of drug-likeness (QED) is 0.493. The van der Waals surface area contributed by atoms with Crippen LogP contribution in [0.5, 0.6) is 0 Å². The van der Waals surface area contributed by atoms with Crippen LogP contribution >= 0.6 is 34.8 Å². The highest BCUT2D eigenvalue weighted by Crippen LogP contribution is 2.34. The Hall–Kier alpha value is -2.33. The van der Waals surface area contributed by atoms with E-state index in [0.29, 0.717) is 11.1 Å². The Labute approximate surface area is 146 Å².